The number of rotatable bonds is 4. The summed E-state index contributed by atoms with van der Waals surface area (Å²) in [4.78, 5) is 25.1. The Bertz CT molecular complexity index is 989. The summed E-state index contributed by atoms with van der Waals surface area (Å²) in [6.45, 7) is 3.60. The minimum absolute atomic E-state index is 0.291. The van der Waals surface area contributed by atoms with E-state index in [2.05, 4.69) is 16.1 Å². The number of hydroxylamine groups is 2. The standard InChI is InChI=1S/C19H19Cl2N5O3S2/c1-19(2)15(26(29)17(28)23-14-9-5-12(21)6-10-14)25(18(30)31-19)24-16(27)22-13-7-3-11(20)4-8-13/h3-10,15,29H,1-2H3,(H,23,28)(H2,22,24,27)/t15-/m1/s1. The third-order valence-corrected chi connectivity index (χ3v) is 6.33. The van der Waals surface area contributed by atoms with Crippen LogP contribution in [0.3, 0.4) is 0 Å². The summed E-state index contributed by atoms with van der Waals surface area (Å²) < 4.78 is -0.434. The first-order valence-electron chi connectivity index (χ1n) is 8.97. The first kappa shape index (κ1) is 23.4. The van der Waals surface area contributed by atoms with E-state index >= 15 is 0 Å². The predicted octanol–water partition coefficient (Wildman–Crippen LogP) is 5.39. The quantitative estimate of drug-likeness (QED) is 0.255. The van der Waals surface area contributed by atoms with E-state index in [-0.39, 0.29) is 0 Å². The van der Waals surface area contributed by atoms with Crippen LogP contribution in [0.2, 0.25) is 10.0 Å². The number of thioether (sulfide) groups is 1. The Morgan fingerprint density at radius 2 is 1.52 bits per heavy atom. The molecule has 1 fully saturated rings. The fraction of sp³-hybridized carbons (Fsp3) is 0.211. The summed E-state index contributed by atoms with van der Waals surface area (Å²) in [5.41, 5.74) is 3.55. The topological polar surface area (TPSA) is 96.9 Å². The molecule has 31 heavy (non-hydrogen) atoms. The van der Waals surface area contributed by atoms with Crippen LogP contribution in [0.15, 0.2) is 48.5 Å². The van der Waals surface area contributed by atoms with Crippen molar-refractivity contribution < 1.29 is 14.8 Å². The second-order valence-corrected chi connectivity index (χ2v) is 10.2. The molecule has 1 saturated heterocycles. The van der Waals surface area contributed by atoms with Crippen molar-refractivity contribution in [2.45, 2.75) is 24.8 Å². The molecule has 2 aromatic rings. The average molecular weight is 500 g/mol. The minimum Gasteiger partial charge on any atom is -0.307 e. The normalized spacial score (nSPS) is 17.3. The number of nitrogens with zero attached hydrogens (tertiary/aromatic N) is 2. The van der Waals surface area contributed by atoms with Gasteiger partial charge in [-0.25, -0.2) is 20.0 Å². The molecule has 164 valence electrons. The number of anilines is 2. The number of thiocarbonyl (C=S) groups is 1. The van der Waals surface area contributed by atoms with Crippen LogP contribution in [0.25, 0.3) is 0 Å². The maximum atomic E-state index is 12.6. The maximum absolute atomic E-state index is 12.6. The Balaban J connectivity index is 1.73. The molecule has 1 atom stereocenters. The molecule has 4 N–H and O–H groups in total. The van der Waals surface area contributed by atoms with E-state index in [1.807, 2.05) is 0 Å². The van der Waals surface area contributed by atoms with Gasteiger partial charge in [0.15, 0.2) is 10.5 Å². The van der Waals surface area contributed by atoms with Gasteiger partial charge in [-0.15, -0.1) is 0 Å². The molecule has 8 nitrogen and oxygen atoms in total. The van der Waals surface area contributed by atoms with Crippen LogP contribution in [-0.4, -0.2) is 42.6 Å². The van der Waals surface area contributed by atoms with Crippen LogP contribution in [0.5, 0.6) is 0 Å². The molecular weight excluding hydrogens is 481 g/mol. The second-order valence-electron chi connectivity index (χ2n) is 7.07. The van der Waals surface area contributed by atoms with Crippen molar-refractivity contribution in [1.82, 2.24) is 15.5 Å². The van der Waals surface area contributed by atoms with Gasteiger partial charge >= 0.3 is 12.1 Å². The van der Waals surface area contributed by atoms with Crippen LogP contribution in [0, 0.1) is 0 Å². The summed E-state index contributed by atoms with van der Waals surface area (Å²) >= 11 is 18.3. The van der Waals surface area contributed by atoms with Gasteiger partial charge in [0, 0.05) is 21.4 Å². The van der Waals surface area contributed by atoms with Gasteiger partial charge in [-0.3, -0.25) is 5.21 Å². The monoisotopic (exact) mass is 499 g/mol. The molecule has 2 aromatic carbocycles. The Morgan fingerprint density at radius 3 is 2.03 bits per heavy atom. The Labute approximate surface area is 198 Å². The SMILES string of the molecule is CC1(C)SC(=S)N(NC(=O)Nc2ccc(Cl)cc2)[C@@H]1N(O)C(=O)Nc1ccc(Cl)cc1. The number of carbonyl (C=O) groups is 2. The van der Waals surface area contributed by atoms with Gasteiger partial charge in [0.2, 0.25) is 0 Å². The number of benzene rings is 2. The highest BCUT2D eigenvalue weighted by molar-refractivity contribution is 8.24. The highest BCUT2D eigenvalue weighted by Gasteiger charge is 2.50. The van der Waals surface area contributed by atoms with E-state index in [1.54, 1.807) is 62.4 Å². The Hall–Kier alpha value is -2.24. The van der Waals surface area contributed by atoms with Gasteiger partial charge < -0.3 is 10.6 Å². The Kier molecular flexibility index (Phi) is 7.17. The van der Waals surface area contributed by atoms with E-state index < -0.39 is 23.0 Å². The summed E-state index contributed by atoms with van der Waals surface area (Å²) in [6, 6.07) is 11.6. The number of nitrogens with one attached hydrogen (secondary N) is 3. The van der Waals surface area contributed by atoms with Crippen molar-refractivity contribution in [3.8, 4) is 0 Å². The summed E-state index contributed by atoms with van der Waals surface area (Å²) in [5, 5.41) is 18.7. The number of urea groups is 2. The van der Waals surface area contributed by atoms with Crippen molar-refractivity contribution in [3.05, 3.63) is 58.6 Å². The van der Waals surface area contributed by atoms with Crippen molar-refractivity contribution in [3.63, 3.8) is 0 Å². The number of hydrogen-bond donors (Lipinski definition) is 4. The first-order valence-corrected chi connectivity index (χ1v) is 10.9. The van der Waals surface area contributed by atoms with Crippen LogP contribution in [0.1, 0.15) is 13.8 Å². The molecule has 0 saturated carbocycles. The van der Waals surface area contributed by atoms with Crippen molar-refractivity contribution in [2.75, 3.05) is 10.6 Å². The van der Waals surface area contributed by atoms with Crippen molar-refractivity contribution >= 4 is 74.9 Å². The summed E-state index contributed by atoms with van der Waals surface area (Å²) in [5.74, 6) is 0. The number of amides is 4. The number of hydrazine groups is 1. The highest BCUT2D eigenvalue weighted by Crippen LogP contribution is 2.41. The van der Waals surface area contributed by atoms with E-state index in [4.69, 9.17) is 35.4 Å². The van der Waals surface area contributed by atoms with E-state index in [0.29, 0.717) is 30.8 Å². The number of carbonyl (C=O) groups excluding carboxylic acids is 2. The van der Waals surface area contributed by atoms with Crippen LogP contribution in [0.4, 0.5) is 21.0 Å². The molecule has 3 rings (SSSR count). The number of hydrogen-bond acceptors (Lipinski definition) is 5. The fourth-order valence-corrected chi connectivity index (χ4v) is 4.92. The Morgan fingerprint density at radius 1 is 1.03 bits per heavy atom. The molecular formula is C19H19Cl2N5O3S2. The van der Waals surface area contributed by atoms with Crippen molar-refractivity contribution in [2.24, 2.45) is 0 Å². The molecule has 1 heterocycles. The molecule has 4 amide bonds. The molecule has 1 aliphatic heterocycles. The smallest absolute Gasteiger partial charge is 0.307 e. The first-order chi connectivity index (χ1) is 14.6. The zero-order valence-corrected chi connectivity index (χ0v) is 19.6. The fourth-order valence-electron chi connectivity index (χ4n) is 2.88. The van der Waals surface area contributed by atoms with Crippen LogP contribution >= 0.6 is 47.2 Å². The van der Waals surface area contributed by atoms with E-state index in [9.17, 15) is 14.8 Å². The second kappa shape index (κ2) is 9.49. The summed E-state index contributed by atoms with van der Waals surface area (Å²) in [7, 11) is 0. The lowest BCUT2D eigenvalue weighted by molar-refractivity contribution is -0.120. The molecule has 0 spiro atoms. The van der Waals surface area contributed by atoms with Crippen LogP contribution in [-0.2, 0) is 0 Å². The molecule has 0 unspecified atom stereocenters. The largest absolute Gasteiger partial charge is 0.347 e. The molecule has 0 radical (unpaired) electrons. The van der Waals surface area contributed by atoms with Gasteiger partial charge in [-0.2, -0.15) is 5.06 Å². The lowest BCUT2D eigenvalue weighted by atomic mass is 10.1. The van der Waals surface area contributed by atoms with Crippen molar-refractivity contribution in [1.29, 1.82) is 0 Å². The van der Waals surface area contributed by atoms with Gasteiger partial charge in [0.25, 0.3) is 0 Å². The molecule has 0 aromatic heterocycles. The average Bonchev–Trinajstić information content (AvgIpc) is 2.92. The third kappa shape index (κ3) is 5.72. The molecule has 1 aliphatic rings. The van der Waals surface area contributed by atoms with Gasteiger partial charge in [0.05, 0.1) is 4.75 Å². The zero-order valence-electron chi connectivity index (χ0n) is 16.4. The van der Waals surface area contributed by atoms with E-state index in [0.717, 1.165) is 0 Å². The lowest BCUT2D eigenvalue weighted by Gasteiger charge is -2.36. The van der Waals surface area contributed by atoms with Gasteiger partial charge in [-0.05, 0) is 62.4 Å². The molecule has 12 heteroatoms. The van der Waals surface area contributed by atoms with Gasteiger partial charge in [0.1, 0.15) is 0 Å². The predicted molar refractivity (Wildman–Crippen MR) is 128 cm³/mol. The molecule has 0 aliphatic carbocycles. The zero-order chi connectivity index (χ0) is 22.8. The minimum atomic E-state index is -0.978. The maximum Gasteiger partial charge on any atom is 0.347 e. The lowest BCUT2D eigenvalue weighted by Crippen LogP contribution is -2.60. The molecule has 0 bridgehead atoms. The van der Waals surface area contributed by atoms with Crippen LogP contribution < -0.4 is 16.1 Å². The number of halogens is 2. The summed E-state index contributed by atoms with van der Waals surface area (Å²) in [6.07, 6.45) is -0.978. The van der Waals surface area contributed by atoms with E-state index in [1.165, 1.54) is 16.8 Å². The third-order valence-electron chi connectivity index (χ3n) is 4.27. The highest BCUT2D eigenvalue weighted by atomic mass is 35.5. The van der Waals surface area contributed by atoms with Gasteiger partial charge in [-0.1, -0.05) is 47.2 Å².